The molecule has 0 amide bonds. The minimum absolute atomic E-state index is 0.309. The smallest absolute Gasteiger partial charge is 0.341 e. The topological polar surface area (TPSA) is 55.8 Å². The quantitative estimate of drug-likeness (QED) is 0.872. The molecule has 0 spiro atoms. The number of carboxylic acids is 1. The fourth-order valence-corrected chi connectivity index (χ4v) is 1.59. The predicted octanol–water partition coefficient (Wildman–Crippen LogP) is 2.33. The molecule has 0 saturated carbocycles. The maximum atomic E-state index is 10.4. The van der Waals surface area contributed by atoms with Crippen LogP contribution in [-0.2, 0) is 4.79 Å². The summed E-state index contributed by atoms with van der Waals surface area (Å²) in [6.07, 6.45) is 3.91. The van der Waals surface area contributed by atoms with Gasteiger partial charge in [0, 0.05) is 5.56 Å². The third kappa shape index (κ3) is 2.78. The van der Waals surface area contributed by atoms with Crippen LogP contribution < -0.4 is 9.47 Å². The summed E-state index contributed by atoms with van der Waals surface area (Å²) in [5.74, 6) is 0.315. The molecule has 0 saturated heterocycles. The Hall–Kier alpha value is -1.97. The molecule has 1 heterocycles. The van der Waals surface area contributed by atoms with E-state index < -0.39 is 5.97 Å². The van der Waals surface area contributed by atoms with Gasteiger partial charge in [0.05, 0.1) is 0 Å². The summed E-state index contributed by atoms with van der Waals surface area (Å²) in [5.41, 5.74) is 0.586. The Kier molecular flexibility index (Phi) is 2.79. The molecule has 2 rings (SSSR count). The molecule has 0 unspecified atom stereocenters. The van der Waals surface area contributed by atoms with Gasteiger partial charge in [-0.05, 0) is 38.1 Å². The van der Waals surface area contributed by atoms with Crippen LogP contribution in [0.3, 0.4) is 0 Å². The second-order valence-corrected chi connectivity index (χ2v) is 4.42. The van der Waals surface area contributed by atoms with Crippen LogP contribution >= 0.6 is 0 Å². The lowest BCUT2D eigenvalue weighted by molar-refractivity contribution is -0.139. The molecule has 0 bridgehead atoms. The highest BCUT2D eigenvalue weighted by Gasteiger charge is 2.21. The average Bonchev–Trinajstić information content (AvgIpc) is 2.25. The SMILES string of the molecule is CC1(C)C=Cc2cc(OCC(=O)O)ccc2O1. The molecule has 0 aliphatic carbocycles. The predicted molar refractivity (Wildman–Crippen MR) is 63.3 cm³/mol. The van der Waals surface area contributed by atoms with Crippen LogP contribution in [0.25, 0.3) is 6.08 Å². The fraction of sp³-hybridized carbons (Fsp3) is 0.308. The van der Waals surface area contributed by atoms with Crippen molar-refractivity contribution in [2.24, 2.45) is 0 Å². The molecular weight excluding hydrogens is 220 g/mol. The van der Waals surface area contributed by atoms with Crippen LogP contribution in [0.2, 0.25) is 0 Å². The molecule has 0 fully saturated rings. The van der Waals surface area contributed by atoms with E-state index in [4.69, 9.17) is 14.6 Å². The van der Waals surface area contributed by atoms with Gasteiger partial charge in [-0.15, -0.1) is 0 Å². The Morgan fingerprint density at radius 1 is 1.47 bits per heavy atom. The average molecular weight is 234 g/mol. The second-order valence-electron chi connectivity index (χ2n) is 4.42. The summed E-state index contributed by atoms with van der Waals surface area (Å²) in [6.45, 7) is 3.61. The summed E-state index contributed by atoms with van der Waals surface area (Å²) >= 11 is 0. The Labute approximate surface area is 99.5 Å². The minimum atomic E-state index is -0.990. The van der Waals surface area contributed by atoms with E-state index in [9.17, 15) is 4.79 Å². The van der Waals surface area contributed by atoms with Crippen molar-refractivity contribution in [3.8, 4) is 11.5 Å². The van der Waals surface area contributed by atoms with Crippen LogP contribution in [0.4, 0.5) is 0 Å². The molecular formula is C13H14O4. The summed E-state index contributed by atoms with van der Waals surface area (Å²) < 4.78 is 10.8. The number of aliphatic carboxylic acids is 1. The van der Waals surface area contributed by atoms with Crippen molar-refractivity contribution in [2.75, 3.05) is 6.61 Å². The van der Waals surface area contributed by atoms with Crippen LogP contribution in [0.1, 0.15) is 19.4 Å². The molecule has 1 aromatic carbocycles. The first-order chi connectivity index (χ1) is 7.96. The molecule has 1 aromatic rings. The summed E-state index contributed by atoms with van der Waals surface area (Å²) in [5, 5.41) is 8.52. The lowest BCUT2D eigenvalue weighted by Gasteiger charge is -2.27. The highest BCUT2D eigenvalue weighted by Crippen LogP contribution is 2.33. The second kappa shape index (κ2) is 4.13. The Morgan fingerprint density at radius 2 is 2.24 bits per heavy atom. The number of benzene rings is 1. The summed E-state index contributed by atoms with van der Waals surface area (Å²) in [6, 6.07) is 5.26. The van der Waals surface area contributed by atoms with E-state index >= 15 is 0 Å². The van der Waals surface area contributed by atoms with Crippen LogP contribution in [0, 0.1) is 0 Å². The van der Waals surface area contributed by atoms with Crippen LogP contribution in [0.15, 0.2) is 24.3 Å². The number of carboxylic acid groups (broad SMARTS) is 1. The van der Waals surface area contributed by atoms with Crippen molar-refractivity contribution in [3.05, 3.63) is 29.8 Å². The van der Waals surface area contributed by atoms with Gasteiger partial charge in [0.15, 0.2) is 6.61 Å². The molecule has 17 heavy (non-hydrogen) atoms. The van der Waals surface area contributed by atoms with Crippen molar-refractivity contribution < 1.29 is 19.4 Å². The number of rotatable bonds is 3. The maximum Gasteiger partial charge on any atom is 0.341 e. The van der Waals surface area contributed by atoms with Crippen molar-refractivity contribution in [1.82, 2.24) is 0 Å². The van der Waals surface area contributed by atoms with E-state index in [2.05, 4.69) is 0 Å². The van der Waals surface area contributed by atoms with Gasteiger partial charge >= 0.3 is 5.97 Å². The number of hydrogen-bond donors (Lipinski definition) is 1. The molecule has 0 aromatic heterocycles. The zero-order valence-corrected chi connectivity index (χ0v) is 9.77. The van der Waals surface area contributed by atoms with E-state index in [1.165, 1.54) is 0 Å². The molecule has 1 aliphatic heterocycles. The van der Waals surface area contributed by atoms with Gasteiger partial charge < -0.3 is 14.6 Å². The summed E-state index contributed by atoms with van der Waals surface area (Å²) in [4.78, 5) is 10.4. The van der Waals surface area contributed by atoms with Gasteiger partial charge in [0.1, 0.15) is 17.1 Å². The summed E-state index contributed by atoms with van der Waals surface area (Å²) in [7, 11) is 0. The van der Waals surface area contributed by atoms with Gasteiger partial charge in [-0.1, -0.05) is 6.08 Å². The van der Waals surface area contributed by atoms with E-state index in [0.717, 1.165) is 11.3 Å². The fourth-order valence-electron chi connectivity index (χ4n) is 1.59. The highest BCUT2D eigenvalue weighted by molar-refractivity contribution is 5.69. The van der Waals surface area contributed by atoms with Crippen LogP contribution in [-0.4, -0.2) is 23.3 Å². The van der Waals surface area contributed by atoms with Crippen molar-refractivity contribution >= 4 is 12.0 Å². The Balaban J connectivity index is 2.18. The zero-order chi connectivity index (χ0) is 12.5. The number of carbonyl (C=O) groups is 1. The van der Waals surface area contributed by atoms with E-state index in [1.807, 2.05) is 26.0 Å². The third-order valence-corrected chi connectivity index (χ3v) is 2.38. The van der Waals surface area contributed by atoms with Crippen molar-refractivity contribution in [2.45, 2.75) is 19.4 Å². The van der Waals surface area contributed by atoms with E-state index in [-0.39, 0.29) is 12.2 Å². The molecule has 0 atom stereocenters. The van der Waals surface area contributed by atoms with E-state index in [1.54, 1.807) is 18.2 Å². The van der Waals surface area contributed by atoms with Crippen molar-refractivity contribution in [3.63, 3.8) is 0 Å². The lowest BCUT2D eigenvalue weighted by atomic mass is 10.0. The van der Waals surface area contributed by atoms with Gasteiger partial charge in [-0.2, -0.15) is 0 Å². The normalized spacial score (nSPS) is 15.9. The Morgan fingerprint density at radius 3 is 2.94 bits per heavy atom. The Bertz CT molecular complexity index is 474. The first kappa shape index (κ1) is 11.5. The molecule has 1 N–H and O–H groups in total. The van der Waals surface area contributed by atoms with Gasteiger partial charge in [-0.3, -0.25) is 0 Å². The number of fused-ring (bicyclic) bond motifs is 1. The van der Waals surface area contributed by atoms with Gasteiger partial charge in [0.25, 0.3) is 0 Å². The standard InChI is InChI=1S/C13H14O4/c1-13(2)6-5-9-7-10(16-8-12(14)15)3-4-11(9)17-13/h3-7H,8H2,1-2H3,(H,14,15). The highest BCUT2D eigenvalue weighted by atomic mass is 16.5. The maximum absolute atomic E-state index is 10.4. The van der Waals surface area contributed by atoms with E-state index in [0.29, 0.717) is 5.75 Å². The number of ether oxygens (including phenoxy) is 2. The van der Waals surface area contributed by atoms with Gasteiger partial charge in [-0.25, -0.2) is 4.79 Å². The molecule has 0 radical (unpaired) electrons. The first-order valence-corrected chi connectivity index (χ1v) is 5.33. The largest absolute Gasteiger partial charge is 0.483 e. The molecule has 4 nitrogen and oxygen atoms in total. The molecule has 90 valence electrons. The van der Waals surface area contributed by atoms with Gasteiger partial charge in [0.2, 0.25) is 0 Å². The third-order valence-electron chi connectivity index (χ3n) is 2.38. The molecule has 4 heteroatoms. The van der Waals surface area contributed by atoms with Crippen LogP contribution in [0.5, 0.6) is 11.5 Å². The monoisotopic (exact) mass is 234 g/mol. The molecule has 1 aliphatic rings. The first-order valence-electron chi connectivity index (χ1n) is 5.33. The minimum Gasteiger partial charge on any atom is -0.483 e. The zero-order valence-electron chi connectivity index (χ0n) is 9.77. The number of hydrogen-bond acceptors (Lipinski definition) is 3. The van der Waals surface area contributed by atoms with Crippen molar-refractivity contribution in [1.29, 1.82) is 0 Å². The lowest BCUT2D eigenvalue weighted by Crippen LogP contribution is -2.27.